The van der Waals surface area contributed by atoms with Gasteiger partial charge < -0.3 is 20.4 Å². The van der Waals surface area contributed by atoms with Crippen molar-refractivity contribution in [3.05, 3.63) is 55.2 Å². The molecule has 8 heteroatoms. The van der Waals surface area contributed by atoms with E-state index in [9.17, 15) is 0 Å². The SMILES string of the molecule is CN(C)c1ccc(Nc2nc(-c3cncc(N)n3)cn3ccnc23)cc1. The first-order chi connectivity index (χ1) is 12.6. The molecule has 130 valence electrons. The lowest BCUT2D eigenvalue weighted by Crippen LogP contribution is -2.08. The molecule has 0 atom stereocenters. The van der Waals surface area contributed by atoms with Crippen molar-refractivity contribution in [2.45, 2.75) is 0 Å². The van der Waals surface area contributed by atoms with Crippen molar-refractivity contribution in [1.82, 2.24) is 24.3 Å². The molecule has 0 saturated heterocycles. The van der Waals surface area contributed by atoms with E-state index in [1.54, 1.807) is 12.4 Å². The highest BCUT2D eigenvalue weighted by Gasteiger charge is 2.11. The van der Waals surface area contributed by atoms with Crippen LogP contribution in [0.5, 0.6) is 0 Å². The van der Waals surface area contributed by atoms with Gasteiger partial charge in [0.15, 0.2) is 11.5 Å². The zero-order valence-electron chi connectivity index (χ0n) is 14.5. The molecule has 0 amide bonds. The summed E-state index contributed by atoms with van der Waals surface area (Å²) in [4.78, 5) is 19.5. The molecule has 4 aromatic rings. The van der Waals surface area contributed by atoms with E-state index in [4.69, 9.17) is 5.73 Å². The number of nitrogens with one attached hydrogen (secondary N) is 1. The van der Waals surface area contributed by atoms with Gasteiger partial charge in [0.05, 0.1) is 12.4 Å². The van der Waals surface area contributed by atoms with Crippen molar-refractivity contribution in [3.63, 3.8) is 0 Å². The van der Waals surface area contributed by atoms with Crippen LogP contribution in [-0.4, -0.2) is 38.4 Å². The van der Waals surface area contributed by atoms with Gasteiger partial charge in [0.2, 0.25) is 0 Å². The lowest BCUT2D eigenvalue weighted by Gasteiger charge is -2.14. The highest BCUT2D eigenvalue weighted by atomic mass is 15.1. The Morgan fingerprint density at radius 3 is 2.58 bits per heavy atom. The number of nitrogens with two attached hydrogens (primary N) is 1. The van der Waals surface area contributed by atoms with Crippen LogP contribution in [0.1, 0.15) is 0 Å². The average molecular weight is 346 g/mol. The summed E-state index contributed by atoms with van der Waals surface area (Å²) in [5, 5.41) is 3.33. The Bertz CT molecular complexity index is 1050. The monoisotopic (exact) mass is 346 g/mol. The lowest BCUT2D eigenvalue weighted by molar-refractivity contribution is 1.11. The topological polar surface area (TPSA) is 97.3 Å². The van der Waals surface area contributed by atoms with Crippen molar-refractivity contribution in [1.29, 1.82) is 0 Å². The number of nitrogens with zero attached hydrogens (tertiary/aromatic N) is 6. The minimum absolute atomic E-state index is 0.351. The van der Waals surface area contributed by atoms with E-state index in [1.165, 1.54) is 6.20 Å². The maximum absolute atomic E-state index is 5.75. The van der Waals surface area contributed by atoms with Gasteiger partial charge in [0.25, 0.3) is 0 Å². The summed E-state index contributed by atoms with van der Waals surface area (Å²) in [7, 11) is 4.02. The van der Waals surface area contributed by atoms with Gasteiger partial charge in [-0.2, -0.15) is 0 Å². The molecular formula is C18H18N8. The van der Waals surface area contributed by atoms with Crippen LogP contribution in [0, 0.1) is 0 Å². The lowest BCUT2D eigenvalue weighted by atomic mass is 10.2. The molecule has 0 unspecified atom stereocenters. The Balaban J connectivity index is 1.75. The maximum atomic E-state index is 5.75. The maximum Gasteiger partial charge on any atom is 0.180 e. The molecule has 0 saturated carbocycles. The molecule has 0 bridgehead atoms. The largest absolute Gasteiger partial charge is 0.382 e. The normalized spacial score (nSPS) is 10.8. The highest BCUT2D eigenvalue weighted by Crippen LogP contribution is 2.24. The first-order valence-corrected chi connectivity index (χ1v) is 8.06. The Hall–Kier alpha value is -3.68. The summed E-state index contributed by atoms with van der Waals surface area (Å²) in [6.45, 7) is 0. The summed E-state index contributed by atoms with van der Waals surface area (Å²) in [6, 6.07) is 8.09. The molecule has 4 rings (SSSR count). The van der Waals surface area contributed by atoms with E-state index in [1.807, 2.05) is 60.1 Å². The summed E-state index contributed by atoms with van der Waals surface area (Å²) in [5.74, 6) is 0.984. The standard InChI is InChI=1S/C18H18N8/c1-25(2)13-5-3-12(4-6-13)22-17-18-21-7-8-26(18)11-15(24-17)14-9-20-10-16(19)23-14/h3-11H,1-2H3,(H2,19,23)(H,22,24). The van der Waals surface area contributed by atoms with Crippen molar-refractivity contribution in [2.24, 2.45) is 0 Å². The summed E-state index contributed by atoms with van der Waals surface area (Å²) in [5.41, 5.74) is 9.78. The van der Waals surface area contributed by atoms with Gasteiger partial charge in [-0.1, -0.05) is 0 Å². The molecule has 3 aromatic heterocycles. The van der Waals surface area contributed by atoms with E-state index in [-0.39, 0.29) is 0 Å². The number of imidazole rings is 1. The predicted octanol–water partition coefficient (Wildman–Crippen LogP) is 2.58. The molecule has 8 nitrogen and oxygen atoms in total. The molecule has 0 aliphatic rings. The van der Waals surface area contributed by atoms with E-state index in [0.29, 0.717) is 23.0 Å². The molecule has 3 heterocycles. The van der Waals surface area contributed by atoms with Crippen LogP contribution in [-0.2, 0) is 0 Å². The molecule has 0 aliphatic carbocycles. The summed E-state index contributed by atoms with van der Waals surface area (Å²) in [6.07, 6.45) is 8.58. The van der Waals surface area contributed by atoms with Crippen molar-refractivity contribution >= 4 is 28.7 Å². The van der Waals surface area contributed by atoms with Gasteiger partial charge in [-0.15, -0.1) is 0 Å². The number of hydrogen-bond acceptors (Lipinski definition) is 7. The number of nitrogen functional groups attached to an aromatic ring is 1. The molecule has 1 aromatic carbocycles. The number of anilines is 4. The second-order valence-electron chi connectivity index (χ2n) is 6.03. The van der Waals surface area contributed by atoms with E-state index in [0.717, 1.165) is 17.0 Å². The molecule has 3 N–H and O–H groups in total. The van der Waals surface area contributed by atoms with Gasteiger partial charge >= 0.3 is 0 Å². The second kappa shape index (κ2) is 6.32. The Kier molecular flexibility index (Phi) is 3.85. The zero-order valence-corrected chi connectivity index (χ0v) is 14.5. The second-order valence-corrected chi connectivity index (χ2v) is 6.03. The van der Waals surface area contributed by atoms with Gasteiger partial charge in [-0.3, -0.25) is 4.98 Å². The number of benzene rings is 1. The minimum atomic E-state index is 0.351. The van der Waals surface area contributed by atoms with E-state index < -0.39 is 0 Å². The fraction of sp³-hybridized carbons (Fsp3) is 0.111. The van der Waals surface area contributed by atoms with E-state index >= 15 is 0 Å². The predicted molar refractivity (Wildman–Crippen MR) is 102 cm³/mol. The molecular weight excluding hydrogens is 328 g/mol. The third-order valence-electron chi connectivity index (χ3n) is 3.94. The zero-order chi connectivity index (χ0) is 18.1. The quantitative estimate of drug-likeness (QED) is 0.586. The van der Waals surface area contributed by atoms with Crippen LogP contribution in [0.15, 0.2) is 55.2 Å². The Labute approximate surface area is 150 Å². The number of rotatable bonds is 4. The number of fused-ring (bicyclic) bond motifs is 1. The van der Waals surface area contributed by atoms with Gasteiger partial charge in [-0.25, -0.2) is 15.0 Å². The first-order valence-electron chi connectivity index (χ1n) is 8.06. The van der Waals surface area contributed by atoms with Gasteiger partial charge in [-0.05, 0) is 24.3 Å². The van der Waals surface area contributed by atoms with Gasteiger partial charge in [0, 0.05) is 44.1 Å². The third-order valence-corrected chi connectivity index (χ3v) is 3.94. The molecule has 0 spiro atoms. The van der Waals surface area contributed by atoms with Crippen LogP contribution in [0.3, 0.4) is 0 Å². The van der Waals surface area contributed by atoms with Crippen LogP contribution < -0.4 is 16.0 Å². The van der Waals surface area contributed by atoms with E-state index in [2.05, 4.69) is 25.3 Å². The fourth-order valence-electron chi connectivity index (χ4n) is 2.62. The van der Waals surface area contributed by atoms with Crippen LogP contribution in [0.4, 0.5) is 23.0 Å². The Morgan fingerprint density at radius 2 is 1.85 bits per heavy atom. The van der Waals surface area contributed by atoms with Crippen molar-refractivity contribution in [2.75, 3.05) is 30.0 Å². The fourth-order valence-corrected chi connectivity index (χ4v) is 2.62. The van der Waals surface area contributed by atoms with Crippen molar-refractivity contribution < 1.29 is 0 Å². The summed E-state index contributed by atoms with van der Waals surface area (Å²) >= 11 is 0. The number of hydrogen-bond donors (Lipinski definition) is 2. The molecule has 0 fully saturated rings. The van der Waals surface area contributed by atoms with Crippen LogP contribution in [0.25, 0.3) is 17.0 Å². The summed E-state index contributed by atoms with van der Waals surface area (Å²) < 4.78 is 1.89. The molecule has 0 aliphatic heterocycles. The Morgan fingerprint density at radius 1 is 1.04 bits per heavy atom. The molecule has 26 heavy (non-hydrogen) atoms. The first kappa shape index (κ1) is 15.8. The minimum Gasteiger partial charge on any atom is -0.382 e. The van der Waals surface area contributed by atoms with Gasteiger partial charge in [0.1, 0.15) is 17.2 Å². The van der Waals surface area contributed by atoms with Crippen LogP contribution in [0.2, 0.25) is 0 Å². The number of aromatic nitrogens is 5. The third kappa shape index (κ3) is 3.00. The highest BCUT2D eigenvalue weighted by molar-refractivity contribution is 5.73. The molecule has 0 radical (unpaired) electrons. The van der Waals surface area contributed by atoms with Crippen LogP contribution >= 0.6 is 0 Å². The van der Waals surface area contributed by atoms with Crippen molar-refractivity contribution in [3.8, 4) is 11.4 Å². The smallest absolute Gasteiger partial charge is 0.180 e. The average Bonchev–Trinajstić information content (AvgIpc) is 3.11.